The Morgan fingerprint density at radius 3 is 2.62 bits per heavy atom. The summed E-state index contributed by atoms with van der Waals surface area (Å²) >= 11 is 0. The largest absolute Gasteiger partial charge is 0.465 e. The molecule has 0 aromatic rings. The number of aliphatic hydroxyl groups excluding tert-OH is 1. The fourth-order valence-corrected chi connectivity index (χ4v) is 6.18. The number of amides is 2. The lowest BCUT2D eigenvalue weighted by Gasteiger charge is -2.40. The molecule has 4 rings (SSSR count). The van der Waals surface area contributed by atoms with Gasteiger partial charge in [-0.05, 0) is 32.6 Å². The lowest BCUT2D eigenvalue weighted by molar-refractivity contribution is -0.161. The molecule has 1 N–H and O–H groups in total. The number of hydrogen-bond acceptors (Lipinski definition) is 6. The molecule has 0 aromatic heterocycles. The molecule has 0 aliphatic carbocycles. The Balaban J connectivity index is 1.83. The van der Waals surface area contributed by atoms with Crippen LogP contribution in [0.15, 0.2) is 24.3 Å². The molecule has 4 aliphatic heterocycles. The van der Waals surface area contributed by atoms with Crippen molar-refractivity contribution in [3.63, 3.8) is 0 Å². The first-order chi connectivity index (χ1) is 16.3. The number of ether oxygens (including phenoxy) is 2. The number of aliphatic hydroxyl groups is 1. The van der Waals surface area contributed by atoms with E-state index in [9.17, 15) is 19.5 Å². The molecule has 0 bridgehead atoms. The van der Waals surface area contributed by atoms with Gasteiger partial charge in [-0.3, -0.25) is 14.4 Å². The van der Waals surface area contributed by atoms with Crippen molar-refractivity contribution in [2.45, 2.75) is 82.6 Å². The topological polar surface area (TPSA) is 96.4 Å². The van der Waals surface area contributed by atoms with E-state index in [1.54, 1.807) is 4.90 Å². The summed E-state index contributed by atoms with van der Waals surface area (Å²) in [5.41, 5.74) is -2.37. The molecule has 6 atom stereocenters. The number of esters is 1. The number of hydrogen-bond donors (Lipinski definition) is 1. The maximum atomic E-state index is 14.1. The summed E-state index contributed by atoms with van der Waals surface area (Å²) < 4.78 is 12.3. The van der Waals surface area contributed by atoms with Gasteiger partial charge in [0.05, 0.1) is 30.8 Å². The van der Waals surface area contributed by atoms with Crippen LogP contribution >= 0.6 is 0 Å². The third-order valence-corrected chi connectivity index (χ3v) is 7.88. The fraction of sp³-hybridized carbons (Fsp3) is 0.731. The number of allylic oxidation sites excluding steroid dienone is 1. The maximum absolute atomic E-state index is 14.1. The summed E-state index contributed by atoms with van der Waals surface area (Å²) in [6.07, 6.45) is 12.4. The highest BCUT2D eigenvalue weighted by atomic mass is 16.6. The average molecular weight is 475 g/mol. The van der Waals surface area contributed by atoms with E-state index < -0.39 is 41.1 Å². The molecule has 0 saturated carbocycles. The van der Waals surface area contributed by atoms with Gasteiger partial charge in [-0.1, -0.05) is 51.0 Å². The van der Waals surface area contributed by atoms with Gasteiger partial charge in [0.25, 0.3) is 0 Å². The molecule has 0 radical (unpaired) electrons. The van der Waals surface area contributed by atoms with Gasteiger partial charge >= 0.3 is 5.97 Å². The molecule has 8 heteroatoms. The number of cyclic esters (lactones) is 1. The van der Waals surface area contributed by atoms with Gasteiger partial charge in [0, 0.05) is 13.1 Å². The van der Waals surface area contributed by atoms with Crippen molar-refractivity contribution in [1.29, 1.82) is 0 Å². The monoisotopic (exact) mass is 474 g/mol. The van der Waals surface area contributed by atoms with Gasteiger partial charge in [0.1, 0.15) is 17.6 Å². The highest BCUT2D eigenvalue weighted by molar-refractivity contribution is 5.99. The number of fused-ring (bicyclic) bond motifs is 2. The molecule has 1 unspecified atom stereocenters. The molecule has 188 valence electrons. The third-order valence-electron chi connectivity index (χ3n) is 7.88. The molecular formula is C26H38N2O6. The van der Waals surface area contributed by atoms with Crippen LogP contribution in [0.2, 0.25) is 0 Å². The van der Waals surface area contributed by atoms with Gasteiger partial charge in [-0.25, -0.2) is 0 Å². The molecule has 2 amide bonds. The van der Waals surface area contributed by atoms with Gasteiger partial charge in [-0.15, -0.1) is 0 Å². The van der Waals surface area contributed by atoms with E-state index in [0.29, 0.717) is 25.9 Å². The SMILES string of the molecule is CCCCCN1CC=C[C@]23O[C@@]4(C)/C=C\CCCOC(=O)[C@H]4[C@H]2C(=O)N([C@@H](CC)CO)C3C1=O. The fourth-order valence-electron chi connectivity index (χ4n) is 6.18. The lowest BCUT2D eigenvalue weighted by atomic mass is 9.74. The van der Waals surface area contributed by atoms with Crippen LogP contribution in [0.25, 0.3) is 0 Å². The van der Waals surface area contributed by atoms with Crippen molar-refractivity contribution in [3.8, 4) is 0 Å². The average Bonchev–Trinajstić information content (AvgIpc) is 3.16. The molecular weight excluding hydrogens is 436 g/mol. The smallest absolute Gasteiger partial charge is 0.313 e. The number of nitrogens with zero attached hydrogens (tertiary/aromatic N) is 2. The van der Waals surface area contributed by atoms with Crippen LogP contribution in [0.3, 0.4) is 0 Å². The lowest BCUT2D eigenvalue weighted by Crippen LogP contribution is -2.58. The van der Waals surface area contributed by atoms with Crippen LogP contribution in [0.5, 0.6) is 0 Å². The standard InChI is InChI=1S/C26H38N2O6/c1-4-6-9-14-27-15-11-13-26-19(22(30)28(18(5-2)17-29)21(26)23(27)31)20-24(32)33-16-10-7-8-12-25(20,3)34-26/h8,11-13,18-21,29H,4-7,9-10,14-17H2,1-3H3/b12-8-/t18-,19-,20+,21?,25-,26-/m0/s1. The summed E-state index contributed by atoms with van der Waals surface area (Å²) in [5.74, 6) is -2.74. The number of rotatable bonds is 7. The van der Waals surface area contributed by atoms with E-state index in [4.69, 9.17) is 9.47 Å². The Kier molecular flexibility index (Phi) is 7.20. The number of unbranched alkanes of at least 4 members (excludes halogenated alkanes) is 2. The molecule has 2 fully saturated rings. The summed E-state index contributed by atoms with van der Waals surface area (Å²) in [6, 6.07) is -1.47. The van der Waals surface area contributed by atoms with Crippen molar-refractivity contribution in [2.24, 2.45) is 11.8 Å². The molecule has 2 saturated heterocycles. The van der Waals surface area contributed by atoms with Crippen LogP contribution in [-0.4, -0.2) is 82.3 Å². The first-order valence-electron chi connectivity index (χ1n) is 12.8. The minimum absolute atomic E-state index is 0.184. The first kappa shape index (κ1) is 24.9. The van der Waals surface area contributed by atoms with E-state index in [0.717, 1.165) is 25.7 Å². The van der Waals surface area contributed by atoms with Gasteiger partial charge in [0.15, 0.2) is 0 Å². The zero-order valence-electron chi connectivity index (χ0n) is 20.6. The van der Waals surface area contributed by atoms with Crippen LogP contribution in [0, 0.1) is 11.8 Å². The maximum Gasteiger partial charge on any atom is 0.313 e. The van der Waals surface area contributed by atoms with E-state index in [2.05, 4.69) is 6.92 Å². The van der Waals surface area contributed by atoms with Gasteiger partial charge < -0.3 is 24.4 Å². The van der Waals surface area contributed by atoms with E-state index in [1.165, 1.54) is 4.90 Å². The summed E-state index contributed by atoms with van der Waals surface area (Å²) in [7, 11) is 0. The second kappa shape index (κ2) is 9.82. The molecule has 4 aliphatic rings. The molecule has 0 aromatic carbocycles. The molecule has 4 heterocycles. The molecule has 34 heavy (non-hydrogen) atoms. The van der Waals surface area contributed by atoms with Crippen molar-refractivity contribution < 1.29 is 29.0 Å². The first-order valence-corrected chi connectivity index (χ1v) is 12.8. The van der Waals surface area contributed by atoms with Crippen LogP contribution in [-0.2, 0) is 23.9 Å². The van der Waals surface area contributed by atoms with E-state index in [1.807, 2.05) is 38.2 Å². The predicted octanol–water partition coefficient (Wildman–Crippen LogP) is 2.21. The Morgan fingerprint density at radius 1 is 1.12 bits per heavy atom. The summed E-state index contributed by atoms with van der Waals surface area (Å²) in [4.78, 5) is 44.7. The van der Waals surface area contributed by atoms with Crippen molar-refractivity contribution in [1.82, 2.24) is 9.80 Å². The van der Waals surface area contributed by atoms with Crippen LogP contribution < -0.4 is 0 Å². The minimum atomic E-state index is -1.29. The van der Waals surface area contributed by atoms with Crippen molar-refractivity contribution >= 4 is 17.8 Å². The number of carbonyl (C=O) groups is 3. The van der Waals surface area contributed by atoms with Crippen molar-refractivity contribution in [2.75, 3.05) is 26.3 Å². The number of carbonyl (C=O) groups excluding carboxylic acids is 3. The number of likely N-dealkylation sites (tertiary alicyclic amines) is 1. The summed E-state index contributed by atoms with van der Waals surface area (Å²) in [6.45, 7) is 6.85. The zero-order chi connectivity index (χ0) is 24.5. The second-order valence-electron chi connectivity index (χ2n) is 10.1. The van der Waals surface area contributed by atoms with Crippen molar-refractivity contribution in [3.05, 3.63) is 24.3 Å². The Morgan fingerprint density at radius 2 is 1.91 bits per heavy atom. The highest BCUT2D eigenvalue weighted by Gasteiger charge is 2.75. The Hall–Kier alpha value is -2.19. The molecule has 8 nitrogen and oxygen atoms in total. The highest BCUT2D eigenvalue weighted by Crippen LogP contribution is 2.57. The normalized spacial score (nSPS) is 37.2. The Bertz CT molecular complexity index is 867. The predicted molar refractivity (Wildman–Crippen MR) is 126 cm³/mol. The van der Waals surface area contributed by atoms with E-state index in [-0.39, 0.29) is 25.0 Å². The zero-order valence-corrected chi connectivity index (χ0v) is 20.6. The van der Waals surface area contributed by atoms with Gasteiger partial charge in [0.2, 0.25) is 11.8 Å². The third kappa shape index (κ3) is 3.88. The Labute approximate surface area is 201 Å². The minimum Gasteiger partial charge on any atom is -0.465 e. The summed E-state index contributed by atoms with van der Waals surface area (Å²) in [5, 5.41) is 10.1. The van der Waals surface area contributed by atoms with Crippen LogP contribution in [0.1, 0.15) is 59.3 Å². The second-order valence-corrected chi connectivity index (χ2v) is 10.1. The van der Waals surface area contributed by atoms with E-state index >= 15 is 0 Å². The quantitative estimate of drug-likeness (QED) is 0.345. The molecule has 1 spiro atoms. The van der Waals surface area contributed by atoms with Gasteiger partial charge in [-0.2, -0.15) is 0 Å². The van der Waals surface area contributed by atoms with Crippen LogP contribution in [0.4, 0.5) is 0 Å².